The molecule has 0 saturated heterocycles. The highest BCUT2D eigenvalue weighted by Crippen LogP contribution is 2.18. The van der Waals surface area contributed by atoms with E-state index in [2.05, 4.69) is 4.98 Å². The fraction of sp³-hybridized carbons (Fsp3) is 0.143. The fourth-order valence-corrected chi connectivity index (χ4v) is 1.86. The molecule has 2 aromatic rings. The maximum Gasteiger partial charge on any atom is 0.263 e. The number of carbonyl (C=O) groups excluding carboxylic acids is 1. The highest BCUT2D eigenvalue weighted by Gasteiger charge is 2.18. The van der Waals surface area contributed by atoms with Gasteiger partial charge in [-0.15, -0.1) is 0 Å². The van der Waals surface area contributed by atoms with Crippen LogP contribution < -0.4 is 16.1 Å². The van der Waals surface area contributed by atoms with Crippen molar-refractivity contribution in [3.05, 3.63) is 58.5 Å². The van der Waals surface area contributed by atoms with E-state index in [1.807, 2.05) is 6.92 Å². The highest BCUT2D eigenvalue weighted by atomic mass is 16.2. The molecule has 2 rings (SSSR count). The zero-order valence-electron chi connectivity index (χ0n) is 10.6. The van der Waals surface area contributed by atoms with Gasteiger partial charge in [0.25, 0.3) is 5.91 Å². The third-order valence-electron chi connectivity index (χ3n) is 2.80. The summed E-state index contributed by atoms with van der Waals surface area (Å²) in [7, 11) is 0. The molecule has 0 aliphatic carbocycles. The van der Waals surface area contributed by atoms with Crippen LogP contribution in [0.4, 0.5) is 11.4 Å². The van der Waals surface area contributed by atoms with E-state index in [0.29, 0.717) is 17.9 Å². The Bertz CT molecular complexity index is 649. The Morgan fingerprint density at radius 1 is 1.37 bits per heavy atom. The maximum absolute atomic E-state index is 12.4. The van der Waals surface area contributed by atoms with Gasteiger partial charge in [-0.3, -0.25) is 9.59 Å². The van der Waals surface area contributed by atoms with E-state index in [-0.39, 0.29) is 16.9 Å². The number of nitrogens with two attached hydrogens (primary N) is 1. The van der Waals surface area contributed by atoms with Gasteiger partial charge in [0.05, 0.1) is 0 Å². The van der Waals surface area contributed by atoms with Crippen LogP contribution in [0.1, 0.15) is 17.3 Å². The van der Waals surface area contributed by atoms with Crippen LogP contribution in [0.5, 0.6) is 0 Å². The van der Waals surface area contributed by atoms with Crippen molar-refractivity contribution in [2.24, 2.45) is 0 Å². The lowest BCUT2D eigenvalue weighted by molar-refractivity contribution is 0.0987. The molecule has 0 spiro atoms. The van der Waals surface area contributed by atoms with Gasteiger partial charge in [-0.2, -0.15) is 0 Å². The summed E-state index contributed by atoms with van der Waals surface area (Å²) in [5, 5.41) is 0. The predicted octanol–water partition coefficient (Wildman–Crippen LogP) is 1.62. The van der Waals surface area contributed by atoms with Crippen LogP contribution in [0.25, 0.3) is 0 Å². The number of rotatable bonds is 3. The van der Waals surface area contributed by atoms with Crippen LogP contribution >= 0.6 is 0 Å². The lowest BCUT2D eigenvalue weighted by Crippen LogP contribution is -2.34. The van der Waals surface area contributed by atoms with Gasteiger partial charge in [0.15, 0.2) is 5.43 Å². The lowest BCUT2D eigenvalue weighted by atomic mass is 10.2. The summed E-state index contributed by atoms with van der Waals surface area (Å²) in [6.45, 7) is 2.30. The molecular formula is C14H15N3O2. The van der Waals surface area contributed by atoms with E-state index in [9.17, 15) is 9.59 Å². The number of hydrogen-bond donors (Lipinski definition) is 2. The Morgan fingerprint density at radius 3 is 2.79 bits per heavy atom. The van der Waals surface area contributed by atoms with Gasteiger partial charge in [0, 0.05) is 36.4 Å². The molecule has 3 N–H and O–H groups in total. The first-order chi connectivity index (χ1) is 9.13. The van der Waals surface area contributed by atoms with Crippen LogP contribution in [0.15, 0.2) is 47.5 Å². The zero-order chi connectivity index (χ0) is 13.8. The quantitative estimate of drug-likeness (QED) is 0.820. The average Bonchev–Trinajstić information content (AvgIpc) is 2.40. The molecule has 5 heteroatoms. The van der Waals surface area contributed by atoms with E-state index >= 15 is 0 Å². The first kappa shape index (κ1) is 12.9. The Morgan fingerprint density at radius 2 is 2.16 bits per heavy atom. The standard InChI is InChI=1S/C14H15N3O2/c1-2-17(11-5-3-4-10(15)8-11)14(19)12-9-16-7-6-13(12)18/h3-9H,2,15H2,1H3,(H,16,18). The number of amides is 1. The van der Waals surface area contributed by atoms with E-state index in [4.69, 9.17) is 5.73 Å². The largest absolute Gasteiger partial charge is 0.399 e. The van der Waals surface area contributed by atoms with Gasteiger partial charge < -0.3 is 15.6 Å². The SMILES string of the molecule is CCN(C(=O)c1c[nH]ccc1=O)c1cccc(N)c1. The molecule has 0 radical (unpaired) electrons. The van der Waals surface area contributed by atoms with Crippen molar-refractivity contribution in [3.63, 3.8) is 0 Å². The monoisotopic (exact) mass is 257 g/mol. The normalized spacial score (nSPS) is 10.2. The maximum atomic E-state index is 12.4. The number of pyridine rings is 1. The molecule has 98 valence electrons. The molecule has 1 amide bonds. The molecule has 0 aliphatic rings. The van der Waals surface area contributed by atoms with Crippen molar-refractivity contribution in [1.82, 2.24) is 4.98 Å². The van der Waals surface area contributed by atoms with Crippen molar-refractivity contribution >= 4 is 17.3 Å². The van der Waals surface area contributed by atoms with Crippen LogP contribution in [0.3, 0.4) is 0 Å². The van der Waals surface area contributed by atoms with Crippen LogP contribution in [-0.2, 0) is 0 Å². The number of aromatic amines is 1. The van der Waals surface area contributed by atoms with E-state index in [1.165, 1.54) is 23.4 Å². The van der Waals surface area contributed by atoms with E-state index < -0.39 is 0 Å². The van der Waals surface area contributed by atoms with Gasteiger partial charge in [0.1, 0.15) is 5.56 Å². The number of nitrogens with one attached hydrogen (secondary N) is 1. The van der Waals surface area contributed by atoms with Crippen LogP contribution in [-0.4, -0.2) is 17.4 Å². The summed E-state index contributed by atoms with van der Waals surface area (Å²) in [6, 6.07) is 8.35. The third-order valence-corrected chi connectivity index (χ3v) is 2.80. The Hall–Kier alpha value is -2.56. The second-order valence-electron chi connectivity index (χ2n) is 4.07. The van der Waals surface area contributed by atoms with Crippen LogP contribution in [0.2, 0.25) is 0 Å². The Balaban J connectivity index is 2.41. The minimum atomic E-state index is -0.338. The molecular weight excluding hydrogens is 242 g/mol. The second-order valence-corrected chi connectivity index (χ2v) is 4.07. The smallest absolute Gasteiger partial charge is 0.263 e. The zero-order valence-corrected chi connectivity index (χ0v) is 10.6. The molecule has 1 heterocycles. The predicted molar refractivity (Wildman–Crippen MR) is 75.3 cm³/mol. The van der Waals surface area contributed by atoms with Gasteiger partial charge in [-0.1, -0.05) is 6.07 Å². The van der Waals surface area contributed by atoms with Gasteiger partial charge in [-0.25, -0.2) is 0 Å². The topological polar surface area (TPSA) is 79.2 Å². The number of nitrogen functional groups attached to an aromatic ring is 1. The number of aromatic nitrogens is 1. The molecule has 0 bridgehead atoms. The summed E-state index contributed by atoms with van der Waals surface area (Å²) in [5.41, 5.74) is 6.78. The molecule has 0 fully saturated rings. The number of carbonyl (C=O) groups is 1. The Kier molecular flexibility index (Phi) is 3.66. The number of hydrogen-bond acceptors (Lipinski definition) is 3. The third kappa shape index (κ3) is 2.65. The van der Waals surface area contributed by atoms with Crippen molar-refractivity contribution in [1.29, 1.82) is 0 Å². The van der Waals surface area contributed by atoms with Crippen molar-refractivity contribution in [3.8, 4) is 0 Å². The summed E-state index contributed by atoms with van der Waals surface area (Å²) < 4.78 is 0. The molecule has 1 aromatic heterocycles. The molecule has 0 atom stereocenters. The van der Waals surface area contributed by atoms with Crippen molar-refractivity contribution in [2.75, 3.05) is 17.2 Å². The highest BCUT2D eigenvalue weighted by molar-refractivity contribution is 6.05. The number of anilines is 2. The molecule has 0 saturated carbocycles. The minimum absolute atomic E-state index is 0.117. The summed E-state index contributed by atoms with van der Waals surface area (Å²) in [6.07, 6.45) is 2.91. The van der Waals surface area contributed by atoms with Gasteiger partial charge in [-0.05, 0) is 25.1 Å². The van der Waals surface area contributed by atoms with Gasteiger partial charge in [0.2, 0.25) is 0 Å². The summed E-state index contributed by atoms with van der Waals surface area (Å²) in [4.78, 5) is 28.3. The molecule has 19 heavy (non-hydrogen) atoms. The number of nitrogens with zero attached hydrogens (tertiary/aromatic N) is 1. The van der Waals surface area contributed by atoms with E-state index in [1.54, 1.807) is 24.3 Å². The van der Waals surface area contributed by atoms with Gasteiger partial charge >= 0.3 is 0 Å². The van der Waals surface area contributed by atoms with Crippen LogP contribution in [0, 0.1) is 0 Å². The summed E-state index contributed by atoms with van der Waals surface area (Å²) in [5.74, 6) is -0.338. The average molecular weight is 257 g/mol. The first-order valence-electron chi connectivity index (χ1n) is 5.98. The lowest BCUT2D eigenvalue weighted by Gasteiger charge is -2.21. The Labute approximate surface area is 110 Å². The van der Waals surface area contributed by atoms with E-state index in [0.717, 1.165) is 0 Å². The molecule has 1 aromatic carbocycles. The first-order valence-corrected chi connectivity index (χ1v) is 5.98. The molecule has 0 aliphatic heterocycles. The minimum Gasteiger partial charge on any atom is -0.399 e. The second kappa shape index (κ2) is 5.39. The summed E-state index contributed by atoms with van der Waals surface area (Å²) >= 11 is 0. The van der Waals surface area contributed by atoms with Crippen molar-refractivity contribution in [2.45, 2.75) is 6.92 Å². The fourth-order valence-electron chi connectivity index (χ4n) is 1.86. The number of H-pyrrole nitrogens is 1. The van der Waals surface area contributed by atoms with Crippen molar-refractivity contribution < 1.29 is 4.79 Å². The molecule has 5 nitrogen and oxygen atoms in total. The number of benzene rings is 1. The molecule has 0 unspecified atom stereocenters.